The molecule has 1 atom stereocenters. The van der Waals surface area contributed by atoms with E-state index in [9.17, 15) is 4.79 Å². The molecule has 1 unspecified atom stereocenters. The minimum atomic E-state index is -0.179. The highest BCUT2D eigenvalue weighted by Crippen LogP contribution is 2.30. The number of ether oxygens (including phenoxy) is 2. The van der Waals surface area contributed by atoms with Crippen molar-refractivity contribution in [3.63, 3.8) is 0 Å². The van der Waals surface area contributed by atoms with E-state index in [4.69, 9.17) is 9.47 Å². The lowest BCUT2D eigenvalue weighted by Crippen LogP contribution is -2.30. The second-order valence-corrected chi connectivity index (χ2v) is 5.87. The molecule has 1 N–H and O–H groups in total. The topological polar surface area (TPSA) is 78.3 Å². The highest BCUT2D eigenvalue weighted by molar-refractivity contribution is 5.80. The highest BCUT2D eigenvalue weighted by atomic mass is 16.5. The number of nitrogens with zero attached hydrogens (tertiary/aromatic N) is 3. The van der Waals surface area contributed by atoms with Gasteiger partial charge in [-0.25, -0.2) is 4.68 Å². The SMILES string of the molecule is CCOc1ccc(C(C)NC(=O)Cn2nnc3ccccc32)cc1OC. The van der Waals surface area contributed by atoms with Crippen molar-refractivity contribution in [2.45, 2.75) is 26.4 Å². The summed E-state index contributed by atoms with van der Waals surface area (Å²) < 4.78 is 12.5. The fourth-order valence-electron chi connectivity index (χ4n) is 2.77. The van der Waals surface area contributed by atoms with Crippen molar-refractivity contribution in [1.29, 1.82) is 0 Å². The highest BCUT2D eigenvalue weighted by Gasteiger charge is 2.14. The maximum absolute atomic E-state index is 12.4. The summed E-state index contributed by atoms with van der Waals surface area (Å²) in [6.07, 6.45) is 0. The van der Waals surface area contributed by atoms with Crippen LogP contribution in [0.15, 0.2) is 42.5 Å². The first-order valence-corrected chi connectivity index (χ1v) is 8.50. The summed E-state index contributed by atoms with van der Waals surface area (Å²) in [5.74, 6) is 1.19. The summed E-state index contributed by atoms with van der Waals surface area (Å²) in [5.41, 5.74) is 2.53. The van der Waals surface area contributed by atoms with Crippen molar-refractivity contribution in [2.75, 3.05) is 13.7 Å². The van der Waals surface area contributed by atoms with Gasteiger partial charge in [-0.05, 0) is 43.7 Å². The number of benzene rings is 2. The van der Waals surface area contributed by atoms with Crippen molar-refractivity contribution in [3.05, 3.63) is 48.0 Å². The van der Waals surface area contributed by atoms with Gasteiger partial charge in [0.1, 0.15) is 12.1 Å². The van der Waals surface area contributed by atoms with E-state index in [-0.39, 0.29) is 18.5 Å². The fraction of sp³-hybridized carbons (Fsp3) is 0.316. The summed E-state index contributed by atoms with van der Waals surface area (Å²) in [4.78, 5) is 12.4. The van der Waals surface area contributed by atoms with Crippen molar-refractivity contribution in [2.24, 2.45) is 0 Å². The van der Waals surface area contributed by atoms with Crippen molar-refractivity contribution in [3.8, 4) is 11.5 Å². The van der Waals surface area contributed by atoms with Crippen LogP contribution < -0.4 is 14.8 Å². The van der Waals surface area contributed by atoms with Gasteiger partial charge in [0.2, 0.25) is 5.91 Å². The molecule has 0 aliphatic heterocycles. The molecular formula is C19H22N4O3. The molecule has 7 nitrogen and oxygen atoms in total. The van der Waals surface area contributed by atoms with Crippen molar-refractivity contribution in [1.82, 2.24) is 20.3 Å². The van der Waals surface area contributed by atoms with Crippen LogP contribution in [0.2, 0.25) is 0 Å². The molecule has 1 heterocycles. The molecule has 0 spiro atoms. The van der Waals surface area contributed by atoms with Crippen LogP contribution in [0.25, 0.3) is 11.0 Å². The molecule has 0 aliphatic carbocycles. The van der Waals surface area contributed by atoms with Gasteiger partial charge in [-0.2, -0.15) is 0 Å². The minimum absolute atomic E-state index is 0.110. The first-order valence-electron chi connectivity index (χ1n) is 8.50. The zero-order valence-electron chi connectivity index (χ0n) is 15.1. The van der Waals surface area contributed by atoms with E-state index in [1.165, 1.54) is 0 Å². The normalized spacial score (nSPS) is 12.0. The molecule has 3 rings (SSSR count). The zero-order chi connectivity index (χ0) is 18.5. The third-order valence-electron chi connectivity index (χ3n) is 4.08. The summed E-state index contributed by atoms with van der Waals surface area (Å²) in [7, 11) is 1.60. The number of methoxy groups -OCH3 is 1. The first kappa shape index (κ1) is 17.7. The Bertz CT molecular complexity index is 907. The molecule has 0 bridgehead atoms. The van der Waals surface area contributed by atoms with Gasteiger partial charge in [0, 0.05) is 0 Å². The second-order valence-electron chi connectivity index (χ2n) is 5.87. The van der Waals surface area contributed by atoms with Gasteiger partial charge in [-0.15, -0.1) is 5.10 Å². The quantitative estimate of drug-likeness (QED) is 0.706. The molecule has 1 amide bonds. The standard InChI is InChI=1S/C19H22N4O3/c1-4-26-17-10-9-14(11-18(17)25-3)13(2)20-19(24)12-23-16-8-6-5-7-15(16)21-22-23/h5-11,13H,4,12H2,1-3H3,(H,20,24). The van der Waals surface area contributed by atoms with Crippen LogP contribution in [0.4, 0.5) is 0 Å². The Labute approximate surface area is 151 Å². The maximum atomic E-state index is 12.4. The van der Waals surface area contributed by atoms with Crippen molar-refractivity contribution >= 4 is 16.9 Å². The van der Waals surface area contributed by atoms with E-state index in [1.807, 2.05) is 56.3 Å². The molecule has 3 aromatic rings. The first-order chi connectivity index (χ1) is 12.6. The predicted molar refractivity (Wildman–Crippen MR) is 98.2 cm³/mol. The summed E-state index contributed by atoms with van der Waals surface area (Å²) in [6, 6.07) is 13.0. The summed E-state index contributed by atoms with van der Waals surface area (Å²) in [5, 5.41) is 11.1. The largest absolute Gasteiger partial charge is 0.493 e. The number of fused-ring (bicyclic) bond motifs is 1. The average Bonchev–Trinajstić information content (AvgIpc) is 3.05. The van der Waals surface area contributed by atoms with Gasteiger partial charge in [0.15, 0.2) is 11.5 Å². The van der Waals surface area contributed by atoms with Crippen LogP contribution in [-0.4, -0.2) is 34.6 Å². The molecule has 0 aliphatic rings. The number of hydrogen-bond donors (Lipinski definition) is 1. The van der Waals surface area contributed by atoms with Gasteiger partial charge >= 0.3 is 0 Å². The van der Waals surface area contributed by atoms with E-state index in [1.54, 1.807) is 11.8 Å². The second kappa shape index (κ2) is 7.86. The van der Waals surface area contributed by atoms with Gasteiger partial charge in [0.25, 0.3) is 0 Å². The average molecular weight is 354 g/mol. The molecule has 136 valence electrons. The molecule has 0 radical (unpaired) electrons. The van der Waals surface area contributed by atoms with Crippen LogP contribution in [0, 0.1) is 0 Å². The maximum Gasteiger partial charge on any atom is 0.242 e. The van der Waals surface area contributed by atoms with E-state index in [2.05, 4.69) is 15.6 Å². The number of aromatic nitrogens is 3. The van der Waals surface area contributed by atoms with Crippen LogP contribution in [0.3, 0.4) is 0 Å². The van der Waals surface area contributed by atoms with E-state index >= 15 is 0 Å². The number of hydrogen-bond acceptors (Lipinski definition) is 5. The fourth-order valence-corrected chi connectivity index (χ4v) is 2.77. The Morgan fingerprint density at radius 3 is 2.81 bits per heavy atom. The Balaban J connectivity index is 1.69. The van der Waals surface area contributed by atoms with Gasteiger partial charge in [-0.1, -0.05) is 23.4 Å². The molecule has 26 heavy (non-hydrogen) atoms. The monoisotopic (exact) mass is 354 g/mol. The lowest BCUT2D eigenvalue weighted by atomic mass is 10.1. The van der Waals surface area contributed by atoms with Crippen LogP contribution in [0.5, 0.6) is 11.5 Å². The number of carbonyl (C=O) groups is 1. The van der Waals surface area contributed by atoms with E-state index < -0.39 is 0 Å². The minimum Gasteiger partial charge on any atom is -0.493 e. The number of amides is 1. The lowest BCUT2D eigenvalue weighted by molar-refractivity contribution is -0.122. The van der Waals surface area contributed by atoms with Crippen molar-refractivity contribution < 1.29 is 14.3 Å². The molecule has 0 saturated heterocycles. The zero-order valence-corrected chi connectivity index (χ0v) is 15.1. The Kier molecular flexibility index (Phi) is 5.36. The molecule has 0 saturated carbocycles. The predicted octanol–water partition coefficient (Wildman–Crippen LogP) is 2.72. The van der Waals surface area contributed by atoms with Gasteiger partial charge in [-0.3, -0.25) is 4.79 Å². The van der Waals surface area contributed by atoms with Gasteiger partial charge in [0.05, 0.1) is 25.3 Å². The van der Waals surface area contributed by atoms with Crippen LogP contribution in [0.1, 0.15) is 25.5 Å². The molecule has 0 fully saturated rings. The molecule has 2 aromatic carbocycles. The summed E-state index contributed by atoms with van der Waals surface area (Å²) in [6.45, 7) is 4.52. The molecule has 7 heteroatoms. The van der Waals surface area contributed by atoms with Crippen LogP contribution in [-0.2, 0) is 11.3 Å². The number of para-hydroxylation sites is 1. The third kappa shape index (κ3) is 3.77. The molecule has 1 aromatic heterocycles. The summed E-state index contributed by atoms with van der Waals surface area (Å²) >= 11 is 0. The number of carbonyl (C=O) groups excluding carboxylic acids is 1. The van der Waals surface area contributed by atoms with E-state index in [0.29, 0.717) is 18.1 Å². The third-order valence-corrected chi connectivity index (χ3v) is 4.08. The number of rotatable bonds is 7. The van der Waals surface area contributed by atoms with Gasteiger partial charge < -0.3 is 14.8 Å². The Morgan fingerprint density at radius 2 is 2.04 bits per heavy atom. The lowest BCUT2D eigenvalue weighted by Gasteiger charge is -2.17. The molecular weight excluding hydrogens is 332 g/mol. The smallest absolute Gasteiger partial charge is 0.242 e. The Hall–Kier alpha value is -3.09. The van der Waals surface area contributed by atoms with E-state index in [0.717, 1.165) is 16.6 Å². The van der Waals surface area contributed by atoms with Crippen LogP contribution >= 0.6 is 0 Å². The number of nitrogens with one attached hydrogen (secondary N) is 1. The Morgan fingerprint density at radius 1 is 1.23 bits per heavy atom.